The summed E-state index contributed by atoms with van der Waals surface area (Å²) in [6, 6.07) is 3.89. The molecule has 0 saturated heterocycles. The van der Waals surface area contributed by atoms with Crippen molar-refractivity contribution in [2.75, 3.05) is 18.4 Å². The molecule has 1 fully saturated rings. The van der Waals surface area contributed by atoms with Crippen LogP contribution in [0.15, 0.2) is 18.2 Å². The highest BCUT2D eigenvalue weighted by Gasteiger charge is 2.27. The summed E-state index contributed by atoms with van der Waals surface area (Å²) in [5.41, 5.74) is 0.727. The Hall–Kier alpha value is -2.55. The molecule has 3 N–H and O–H groups in total. The lowest BCUT2D eigenvalue weighted by Gasteiger charge is -2.07. The molecule has 9 heteroatoms. The maximum Gasteiger partial charge on any atom is 0.321 e. The van der Waals surface area contributed by atoms with E-state index < -0.39 is 11.8 Å². The predicted molar refractivity (Wildman–Crippen MR) is 92.4 cm³/mol. The molecule has 1 aliphatic rings. The fraction of sp³-hybridized carbons (Fsp3) is 0.375. The van der Waals surface area contributed by atoms with Crippen molar-refractivity contribution in [3.05, 3.63) is 40.2 Å². The van der Waals surface area contributed by atoms with E-state index in [0.717, 1.165) is 17.8 Å². The minimum atomic E-state index is -0.423. The van der Waals surface area contributed by atoms with Crippen LogP contribution in [0.5, 0.6) is 0 Å². The number of hydrogen-bond acceptors (Lipinski definition) is 5. The number of benzene rings is 1. The summed E-state index contributed by atoms with van der Waals surface area (Å²) in [5.74, 6) is -0.315. The van der Waals surface area contributed by atoms with Gasteiger partial charge < -0.3 is 10.6 Å². The van der Waals surface area contributed by atoms with Crippen molar-refractivity contribution in [2.24, 2.45) is 0 Å². The summed E-state index contributed by atoms with van der Waals surface area (Å²) in [7, 11) is 0. The molecule has 1 saturated carbocycles. The number of nitrogens with zero attached hydrogens (tertiary/aromatic N) is 2. The smallest absolute Gasteiger partial charge is 0.321 e. The van der Waals surface area contributed by atoms with Crippen molar-refractivity contribution in [2.45, 2.75) is 25.7 Å². The van der Waals surface area contributed by atoms with E-state index in [9.17, 15) is 14.0 Å². The Kier molecular flexibility index (Phi) is 5.22. The molecule has 0 unspecified atom stereocenters. The van der Waals surface area contributed by atoms with Gasteiger partial charge in [-0.15, -0.1) is 10.2 Å². The zero-order chi connectivity index (χ0) is 17.8. The minimum Gasteiger partial charge on any atom is -0.350 e. The van der Waals surface area contributed by atoms with Crippen LogP contribution in [0, 0.1) is 12.7 Å². The van der Waals surface area contributed by atoms with Gasteiger partial charge in [0.15, 0.2) is 0 Å². The van der Waals surface area contributed by atoms with Crippen molar-refractivity contribution in [1.82, 2.24) is 20.8 Å². The van der Waals surface area contributed by atoms with Crippen molar-refractivity contribution < 1.29 is 14.0 Å². The molecule has 0 atom stereocenters. The summed E-state index contributed by atoms with van der Waals surface area (Å²) in [5, 5.41) is 17.2. The number of rotatable bonds is 6. The standard InChI is InChI=1S/C16H18FN5O2S/c1-9-2-3-11(8-12(9)17)13(23)18-6-7-19-15(24)20-16-22-21-14(25-16)10-4-5-10/h2-3,8,10H,4-7H2,1H3,(H,18,23)(H2,19,20,22,24). The Morgan fingerprint density at radius 3 is 2.72 bits per heavy atom. The predicted octanol–water partition coefficient (Wildman–Crippen LogP) is 2.41. The number of hydrogen-bond donors (Lipinski definition) is 3. The third-order valence-electron chi connectivity index (χ3n) is 3.72. The number of carbonyl (C=O) groups excluding carboxylic acids is 2. The monoisotopic (exact) mass is 363 g/mol. The first-order valence-electron chi connectivity index (χ1n) is 7.95. The van der Waals surface area contributed by atoms with Gasteiger partial charge in [-0.2, -0.15) is 0 Å². The largest absolute Gasteiger partial charge is 0.350 e. The molecule has 1 aromatic carbocycles. The van der Waals surface area contributed by atoms with E-state index in [-0.39, 0.29) is 24.6 Å². The fourth-order valence-corrected chi connectivity index (χ4v) is 3.02. The second kappa shape index (κ2) is 7.56. The van der Waals surface area contributed by atoms with E-state index in [1.54, 1.807) is 19.1 Å². The van der Waals surface area contributed by atoms with Gasteiger partial charge in [-0.25, -0.2) is 9.18 Å². The minimum absolute atomic E-state index is 0.227. The van der Waals surface area contributed by atoms with E-state index in [1.807, 2.05) is 0 Å². The molecule has 1 heterocycles. The van der Waals surface area contributed by atoms with Crippen LogP contribution in [0.1, 0.15) is 39.7 Å². The maximum absolute atomic E-state index is 13.4. The van der Waals surface area contributed by atoms with Crippen LogP contribution in [0.4, 0.5) is 14.3 Å². The van der Waals surface area contributed by atoms with E-state index in [2.05, 4.69) is 26.1 Å². The van der Waals surface area contributed by atoms with Gasteiger partial charge in [0.1, 0.15) is 10.8 Å². The molecule has 0 aliphatic heterocycles. The molecule has 25 heavy (non-hydrogen) atoms. The van der Waals surface area contributed by atoms with E-state index >= 15 is 0 Å². The van der Waals surface area contributed by atoms with Gasteiger partial charge in [0, 0.05) is 24.6 Å². The van der Waals surface area contributed by atoms with E-state index in [0.29, 0.717) is 16.6 Å². The van der Waals surface area contributed by atoms with Crippen molar-refractivity contribution in [3.8, 4) is 0 Å². The van der Waals surface area contributed by atoms with Crippen LogP contribution in [-0.4, -0.2) is 35.2 Å². The molecule has 3 rings (SSSR count). The topological polar surface area (TPSA) is 96.0 Å². The maximum atomic E-state index is 13.4. The van der Waals surface area contributed by atoms with Gasteiger partial charge in [0.05, 0.1) is 0 Å². The third kappa shape index (κ3) is 4.72. The fourth-order valence-electron chi connectivity index (χ4n) is 2.11. The number of aromatic nitrogens is 2. The quantitative estimate of drug-likeness (QED) is 0.687. The van der Waals surface area contributed by atoms with Crippen molar-refractivity contribution >= 4 is 28.4 Å². The molecule has 132 valence electrons. The SMILES string of the molecule is Cc1ccc(C(=O)NCCNC(=O)Nc2nnc(C3CC3)s2)cc1F. The normalized spacial score (nSPS) is 13.4. The molecule has 1 aromatic heterocycles. The summed E-state index contributed by atoms with van der Waals surface area (Å²) in [4.78, 5) is 23.7. The summed E-state index contributed by atoms with van der Waals surface area (Å²) in [6.45, 7) is 2.09. The zero-order valence-electron chi connectivity index (χ0n) is 13.6. The Balaban J connectivity index is 1.37. The van der Waals surface area contributed by atoms with Crippen LogP contribution >= 0.6 is 11.3 Å². The number of aryl methyl sites for hydroxylation is 1. The number of carbonyl (C=O) groups is 2. The van der Waals surface area contributed by atoms with E-state index in [4.69, 9.17) is 0 Å². The highest BCUT2D eigenvalue weighted by molar-refractivity contribution is 7.15. The van der Waals surface area contributed by atoms with Crippen LogP contribution < -0.4 is 16.0 Å². The number of amides is 3. The molecule has 3 amide bonds. The highest BCUT2D eigenvalue weighted by Crippen LogP contribution is 2.41. The van der Waals surface area contributed by atoms with Gasteiger partial charge in [0.25, 0.3) is 5.91 Å². The summed E-state index contributed by atoms with van der Waals surface area (Å²) in [6.07, 6.45) is 2.26. The van der Waals surface area contributed by atoms with Crippen molar-refractivity contribution in [3.63, 3.8) is 0 Å². The molecule has 2 aromatic rings. The molecule has 1 aliphatic carbocycles. The first kappa shape index (κ1) is 17.3. The Morgan fingerprint density at radius 1 is 1.24 bits per heavy atom. The van der Waals surface area contributed by atoms with Crippen LogP contribution in [0.25, 0.3) is 0 Å². The first-order valence-corrected chi connectivity index (χ1v) is 8.77. The van der Waals surface area contributed by atoms with Gasteiger partial charge in [-0.3, -0.25) is 10.1 Å². The molecule has 7 nitrogen and oxygen atoms in total. The molecule has 0 radical (unpaired) electrons. The Bertz CT molecular complexity index is 791. The lowest BCUT2D eigenvalue weighted by Crippen LogP contribution is -2.36. The Labute approximate surface area is 148 Å². The Morgan fingerprint density at radius 2 is 2.00 bits per heavy atom. The lowest BCUT2D eigenvalue weighted by molar-refractivity contribution is 0.0953. The van der Waals surface area contributed by atoms with Gasteiger partial charge in [-0.1, -0.05) is 17.4 Å². The van der Waals surface area contributed by atoms with Gasteiger partial charge in [0.2, 0.25) is 5.13 Å². The molecular weight excluding hydrogens is 345 g/mol. The highest BCUT2D eigenvalue weighted by atomic mass is 32.1. The first-order chi connectivity index (χ1) is 12.0. The number of halogens is 1. The summed E-state index contributed by atoms with van der Waals surface area (Å²) >= 11 is 1.38. The lowest BCUT2D eigenvalue weighted by atomic mass is 10.1. The van der Waals surface area contributed by atoms with Gasteiger partial charge >= 0.3 is 6.03 Å². The third-order valence-corrected chi connectivity index (χ3v) is 4.72. The number of nitrogens with one attached hydrogen (secondary N) is 3. The zero-order valence-corrected chi connectivity index (χ0v) is 14.5. The van der Waals surface area contributed by atoms with Gasteiger partial charge in [-0.05, 0) is 37.5 Å². The molecule has 0 bridgehead atoms. The average molecular weight is 363 g/mol. The van der Waals surface area contributed by atoms with Crippen LogP contribution in [0.3, 0.4) is 0 Å². The molecule has 0 spiro atoms. The average Bonchev–Trinajstić information content (AvgIpc) is 3.34. The number of urea groups is 1. The van der Waals surface area contributed by atoms with E-state index in [1.165, 1.54) is 17.4 Å². The van der Waals surface area contributed by atoms with Crippen LogP contribution in [-0.2, 0) is 0 Å². The second-order valence-corrected chi connectivity index (χ2v) is 6.83. The van der Waals surface area contributed by atoms with Crippen molar-refractivity contribution in [1.29, 1.82) is 0 Å². The molecular formula is C16H18FN5O2S. The van der Waals surface area contributed by atoms with Crippen LogP contribution in [0.2, 0.25) is 0 Å². The second-order valence-electron chi connectivity index (χ2n) is 5.82. The number of anilines is 1. The summed E-state index contributed by atoms with van der Waals surface area (Å²) < 4.78 is 13.4.